The van der Waals surface area contributed by atoms with Crippen molar-refractivity contribution in [3.8, 4) is 5.75 Å². The summed E-state index contributed by atoms with van der Waals surface area (Å²) < 4.78 is 5.09. The number of ether oxygens (including phenoxy) is 1. The summed E-state index contributed by atoms with van der Waals surface area (Å²) in [7, 11) is 0. The highest BCUT2D eigenvalue weighted by molar-refractivity contribution is 5.87. The van der Waals surface area contributed by atoms with Crippen molar-refractivity contribution in [3.63, 3.8) is 0 Å². The number of hydrogen-bond donors (Lipinski definition) is 1. The molecule has 0 aliphatic rings. The van der Waals surface area contributed by atoms with Crippen molar-refractivity contribution in [2.75, 3.05) is 6.61 Å². The van der Waals surface area contributed by atoms with E-state index in [1.54, 1.807) is 31.2 Å². The van der Waals surface area contributed by atoms with E-state index in [0.717, 1.165) is 5.56 Å². The minimum atomic E-state index is -0.506. The van der Waals surface area contributed by atoms with Gasteiger partial charge in [-0.2, -0.15) is 0 Å². The highest BCUT2D eigenvalue weighted by atomic mass is 16.5. The van der Waals surface area contributed by atoms with Gasteiger partial charge in [-0.25, -0.2) is 0 Å². The predicted molar refractivity (Wildman–Crippen MR) is 81.4 cm³/mol. The third-order valence-corrected chi connectivity index (χ3v) is 3.00. The molecule has 1 aromatic rings. The minimum absolute atomic E-state index is 0.132. The molecular formula is C17H18O5. The maximum Gasteiger partial charge on any atom is 0.310 e. The van der Waals surface area contributed by atoms with Crippen molar-refractivity contribution in [3.05, 3.63) is 53.1 Å². The third kappa shape index (κ3) is 5.75. The summed E-state index contributed by atoms with van der Waals surface area (Å²) in [6, 6.07) is 6.60. The van der Waals surface area contributed by atoms with Gasteiger partial charge in [0.1, 0.15) is 18.3 Å². The van der Waals surface area contributed by atoms with E-state index >= 15 is 0 Å². The molecule has 0 spiro atoms. The normalized spacial score (nSPS) is 11.9. The molecule has 0 fully saturated rings. The largest absolute Gasteiger partial charge is 0.508 e. The second-order valence-electron chi connectivity index (χ2n) is 4.50. The Morgan fingerprint density at radius 3 is 2.45 bits per heavy atom. The minimum Gasteiger partial charge on any atom is -0.508 e. The van der Waals surface area contributed by atoms with Crippen LogP contribution in [0, 0.1) is 0 Å². The summed E-state index contributed by atoms with van der Waals surface area (Å²) in [4.78, 5) is 33.2. The number of rotatable bonds is 8. The van der Waals surface area contributed by atoms with Gasteiger partial charge in [0.05, 0.1) is 13.0 Å². The van der Waals surface area contributed by atoms with E-state index in [9.17, 15) is 14.4 Å². The van der Waals surface area contributed by atoms with E-state index in [1.165, 1.54) is 12.2 Å². The average Bonchev–Trinajstić information content (AvgIpc) is 2.50. The monoisotopic (exact) mass is 302 g/mol. The molecule has 5 nitrogen and oxygen atoms in total. The fourth-order valence-corrected chi connectivity index (χ4v) is 1.82. The van der Waals surface area contributed by atoms with E-state index in [1.807, 2.05) is 0 Å². The van der Waals surface area contributed by atoms with E-state index < -0.39 is 5.97 Å². The van der Waals surface area contributed by atoms with Gasteiger partial charge in [-0.1, -0.05) is 18.2 Å². The molecule has 0 saturated carbocycles. The Morgan fingerprint density at radius 1 is 1.23 bits per heavy atom. The molecule has 1 aromatic carbocycles. The number of benzene rings is 1. The van der Waals surface area contributed by atoms with Gasteiger partial charge in [0, 0.05) is 12.0 Å². The Hall–Kier alpha value is -2.69. The molecule has 0 aliphatic carbocycles. The number of hydrogen-bond acceptors (Lipinski definition) is 5. The summed E-state index contributed by atoms with van der Waals surface area (Å²) in [5.41, 5.74) is 1.56. The van der Waals surface area contributed by atoms with Crippen LogP contribution in [0.1, 0.15) is 18.9 Å². The first kappa shape index (κ1) is 17.4. The van der Waals surface area contributed by atoms with Crippen molar-refractivity contribution in [1.29, 1.82) is 0 Å². The van der Waals surface area contributed by atoms with Crippen LogP contribution in [0.15, 0.2) is 47.6 Å². The number of allylic oxidation sites excluding steroid dienone is 3. The fourth-order valence-electron chi connectivity index (χ4n) is 1.82. The summed E-state index contributed by atoms with van der Waals surface area (Å²) in [5, 5.41) is 9.16. The van der Waals surface area contributed by atoms with Crippen LogP contribution in [0.2, 0.25) is 0 Å². The van der Waals surface area contributed by atoms with E-state index in [0.29, 0.717) is 30.1 Å². The summed E-state index contributed by atoms with van der Waals surface area (Å²) in [6.45, 7) is 1.84. The van der Waals surface area contributed by atoms with Crippen LogP contribution in [0.3, 0.4) is 0 Å². The molecule has 22 heavy (non-hydrogen) atoms. The van der Waals surface area contributed by atoms with Crippen molar-refractivity contribution in [1.82, 2.24) is 0 Å². The average molecular weight is 302 g/mol. The maximum absolute atomic E-state index is 11.7. The Labute approximate surface area is 128 Å². The predicted octanol–water partition coefficient (Wildman–Crippen LogP) is 2.14. The lowest BCUT2D eigenvalue weighted by molar-refractivity contribution is -0.142. The van der Waals surface area contributed by atoms with Crippen LogP contribution in [-0.4, -0.2) is 30.3 Å². The second-order valence-corrected chi connectivity index (χ2v) is 4.50. The summed E-state index contributed by atoms with van der Waals surface area (Å²) in [6.07, 6.45) is 4.23. The zero-order chi connectivity index (χ0) is 16.4. The van der Waals surface area contributed by atoms with Crippen LogP contribution in [0.4, 0.5) is 0 Å². The quantitative estimate of drug-likeness (QED) is 0.344. The van der Waals surface area contributed by atoms with Crippen LogP contribution in [0.5, 0.6) is 5.75 Å². The lowest BCUT2D eigenvalue weighted by atomic mass is 10.0. The Balaban J connectivity index is 2.51. The highest BCUT2D eigenvalue weighted by Crippen LogP contribution is 2.13. The van der Waals surface area contributed by atoms with E-state index in [-0.39, 0.29) is 18.8 Å². The van der Waals surface area contributed by atoms with Gasteiger partial charge in [0.2, 0.25) is 0 Å². The van der Waals surface area contributed by atoms with Crippen LogP contribution in [0.25, 0.3) is 0 Å². The maximum atomic E-state index is 11.7. The van der Waals surface area contributed by atoms with E-state index in [4.69, 9.17) is 9.84 Å². The van der Waals surface area contributed by atoms with Crippen molar-refractivity contribution in [2.45, 2.75) is 19.8 Å². The highest BCUT2D eigenvalue weighted by Gasteiger charge is 2.11. The smallest absolute Gasteiger partial charge is 0.310 e. The molecule has 116 valence electrons. The van der Waals surface area contributed by atoms with Crippen LogP contribution < -0.4 is 0 Å². The molecule has 0 amide bonds. The number of aromatic hydroxyl groups is 1. The molecule has 0 heterocycles. The molecule has 0 aromatic heterocycles. The third-order valence-electron chi connectivity index (χ3n) is 3.00. The molecule has 1 rings (SSSR count). The molecule has 0 saturated heterocycles. The van der Waals surface area contributed by atoms with E-state index in [2.05, 4.69) is 0 Å². The Bertz CT molecular complexity index is 582. The number of carbonyl (C=O) groups excluding carboxylic acids is 3. The zero-order valence-corrected chi connectivity index (χ0v) is 12.3. The number of esters is 1. The molecule has 5 heteroatoms. The molecule has 0 unspecified atom stereocenters. The van der Waals surface area contributed by atoms with Gasteiger partial charge < -0.3 is 9.84 Å². The first-order valence-corrected chi connectivity index (χ1v) is 6.80. The fraction of sp³-hybridized carbons (Fsp3) is 0.235. The van der Waals surface area contributed by atoms with Gasteiger partial charge in [-0.15, -0.1) is 0 Å². The van der Waals surface area contributed by atoms with Crippen molar-refractivity contribution < 1.29 is 24.2 Å². The molecule has 0 atom stereocenters. The Kier molecular flexibility index (Phi) is 7.33. The first-order chi connectivity index (χ1) is 10.6. The topological polar surface area (TPSA) is 80.7 Å². The number of phenolic OH excluding ortho intramolecular Hbond substituents is 1. The van der Waals surface area contributed by atoms with Crippen LogP contribution in [-0.2, 0) is 25.5 Å². The van der Waals surface area contributed by atoms with Crippen LogP contribution >= 0.6 is 0 Å². The molecule has 1 N–H and O–H groups in total. The Morgan fingerprint density at radius 2 is 1.91 bits per heavy atom. The zero-order valence-electron chi connectivity index (χ0n) is 12.3. The van der Waals surface area contributed by atoms with Gasteiger partial charge in [0.25, 0.3) is 0 Å². The van der Waals surface area contributed by atoms with Crippen molar-refractivity contribution >= 4 is 18.5 Å². The molecule has 0 aliphatic heterocycles. The summed E-state index contributed by atoms with van der Waals surface area (Å²) >= 11 is 0. The standard InChI is InChI=1S/C17H18O5/c1-2-14(12-19)15(7-9-18)11-17(21)22-10-8-13-3-5-16(20)6-4-13/h2-7,9,12,20H,8,10-11H2,1H3/b14-2-,15-7-. The first-order valence-electron chi connectivity index (χ1n) is 6.80. The lowest BCUT2D eigenvalue weighted by Crippen LogP contribution is -2.10. The second kappa shape index (κ2) is 9.28. The van der Waals surface area contributed by atoms with Crippen molar-refractivity contribution in [2.24, 2.45) is 0 Å². The number of carbonyl (C=O) groups is 3. The van der Waals surface area contributed by atoms with Gasteiger partial charge >= 0.3 is 5.97 Å². The lowest BCUT2D eigenvalue weighted by Gasteiger charge is -2.07. The van der Waals surface area contributed by atoms with Gasteiger partial charge in [-0.3, -0.25) is 14.4 Å². The van der Waals surface area contributed by atoms with Gasteiger partial charge in [0.15, 0.2) is 0 Å². The number of aldehydes is 2. The molecule has 0 bridgehead atoms. The molecular weight excluding hydrogens is 284 g/mol. The molecule has 0 radical (unpaired) electrons. The number of phenols is 1. The SMILES string of the molecule is C/C=C(C=O)\C(=C/C=O)CC(=O)OCCc1ccc(O)cc1. The van der Waals surface area contributed by atoms with Gasteiger partial charge in [-0.05, 0) is 36.3 Å². The summed E-state index contributed by atoms with van der Waals surface area (Å²) in [5.74, 6) is -0.329.